The molecule has 1 aromatic rings. The van der Waals surface area contributed by atoms with Crippen LogP contribution in [0.15, 0.2) is 42.6 Å². The van der Waals surface area contributed by atoms with Gasteiger partial charge in [-0.15, -0.1) is 0 Å². The lowest BCUT2D eigenvalue weighted by molar-refractivity contribution is -0.416. The molecule has 0 spiro atoms. The quantitative estimate of drug-likeness (QED) is 0.305. The van der Waals surface area contributed by atoms with E-state index in [-0.39, 0.29) is 5.56 Å². The van der Waals surface area contributed by atoms with E-state index in [2.05, 4.69) is 6.58 Å². The Morgan fingerprint density at radius 3 is 2.31 bits per heavy atom. The molecule has 1 aromatic carbocycles. The van der Waals surface area contributed by atoms with Crippen LogP contribution >= 0.6 is 0 Å². The molecule has 0 aliphatic heterocycles. The van der Waals surface area contributed by atoms with E-state index in [4.69, 9.17) is 0 Å². The number of allylic oxidation sites excluding steroid dienone is 1. The monoisotopic (exact) mass is 177 g/mol. The summed E-state index contributed by atoms with van der Waals surface area (Å²) in [5.74, 6) is -0.648. The van der Waals surface area contributed by atoms with Crippen molar-refractivity contribution in [2.75, 3.05) is 0 Å². The van der Waals surface area contributed by atoms with E-state index in [0.717, 1.165) is 0 Å². The molecule has 1 rings (SSSR count). The van der Waals surface area contributed by atoms with Crippen LogP contribution in [-0.4, -0.2) is 10.7 Å². The normalized spacial score (nSPS) is 9.23. The largest absolute Gasteiger partial charge is 0.309 e. The molecule has 0 atom stereocenters. The van der Waals surface area contributed by atoms with E-state index in [1.54, 1.807) is 18.2 Å². The Morgan fingerprint density at radius 1 is 1.31 bits per heavy atom. The lowest BCUT2D eigenvalue weighted by atomic mass is 10.1. The predicted molar refractivity (Wildman–Crippen MR) is 46.9 cm³/mol. The van der Waals surface area contributed by atoms with Crippen LogP contribution in [0.1, 0.15) is 10.4 Å². The second-order valence-electron chi connectivity index (χ2n) is 2.40. The zero-order valence-corrected chi connectivity index (χ0v) is 6.77. The Balaban J connectivity index is 2.93. The number of hydrogen-bond donors (Lipinski definition) is 0. The maximum Gasteiger partial charge on any atom is 0.309 e. The third kappa shape index (κ3) is 1.99. The molecule has 4 nitrogen and oxygen atoms in total. The number of carbonyl (C=O) groups excluding carboxylic acids is 1. The summed E-state index contributed by atoms with van der Waals surface area (Å²) < 4.78 is 0. The fraction of sp³-hybridized carbons (Fsp3) is 0. The topological polar surface area (TPSA) is 60.2 Å². The summed E-state index contributed by atoms with van der Waals surface area (Å²) in [4.78, 5) is 20.7. The minimum Gasteiger partial charge on any atom is -0.282 e. The van der Waals surface area contributed by atoms with Gasteiger partial charge in [0, 0.05) is 5.56 Å². The number of ketones is 1. The van der Waals surface area contributed by atoms with Crippen LogP contribution in [0.5, 0.6) is 0 Å². The van der Waals surface area contributed by atoms with Gasteiger partial charge in [0.15, 0.2) is 0 Å². The smallest absolute Gasteiger partial charge is 0.282 e. The molecule has 0 amide bonds. The molecule has 0 aliphatic carbocycles. The summed E-state index contributed by atoms with van der Waals surface area (Å²) in [6.07, 6.45) is 0. The van der Waals surface area contributed by atoms with Crippen molar-refractivity contribution in [1.29, 1.82) is 0 Å². The first-order chi connectivity index (χ1) is 6.13. The molecular weight excluding hydrogens is 170 g/mol. The summed E-state index contributed by atoms with van der Waals surface area (Å²) in [6, 6.07) is 8.03. The van der Waals surface area contributed by atoms with Gasteiger partial charge >= 0.3 is 5.70 Å². The van der Waals surface area contributed by atoms with Crippen LogP contribution < -0.4 is 0 Å². The maximum absolute atomic E-state index is 11.2. The number of rotatable bonds is 3. The Bertz CT molecular complexity index is 356. The van der Waals surface area contributed by atoms with Crippen LogP contribution in [0, 0.1) is 10.1 Å². The molecule has 66 valence electrons. The van der Waals surface area contributed by atoms with Crippen LogP contribution in [0.4, 0.5) is 0 Å². The summed E-state index contributed by atoms with van der Waals surface area (Å²) in [5, 5.41) is 10.2. The molecule has 13 heavy (non-hydrogen) atoms. The molecule has 0 saturated heterocycles. The fourth-order valence-corrected chi connectivity index (χ4v) is 0.839. The highest BCUT2D eigenvalue weighted by Gasteiger charge is 2.19. The lowest BCUT2D eigenvalue weighted by Gasteiger charge is -1.95. The average Bonchev–Trinajstić information content (AvgIpc) is 2.17. The molecule has 0 unspecified atom stereocenters. The number of carbonyl (C=O) groups is 1. The van der Waals surface area contributed by atoms with Crippen LogP contribution in [0.3, 0.4) is 0 Å². The Labute approximate surface area is 74.7 Å². The SMILES string of the molecule is C=C(C(=O)c1ccccc1)[N+](=O)[O-]. The zero-order valence-electron chi connectivity index (χ0n) is 6.77. The maximum atomic E-state index is 11.2. The highest BCUT2D eigenvalue weighted by atomic mass is 16.6. The number of nitrogens with zero attached hydrogens (tertiary/aromatic N) is 1. The van der Waals surface area contributed by atoms with Crippen LogP contribution in [0.2, 0.25) is 0 Å². The van der Waals surface area contributed by atoms with Gasteiger partial charge in [-0.25, -0.2) is 0 Å². The van der Waals surface area contributed by atoms with E-state index < -0.39 is 16.4 Å². The lowest BCUT2D eigenvalue weighted by Crippen LogP contribution is -2.09. The minimum atomic E-state index is -0.782. The van der Waals surface area contributed by atoms with Crippen molar-refractivity contribution in [3.63, 3.8) is 0 Å². The fourth-order valence-electron chi connectivity index (χ4n) is 0.839. The summed E-state index contributed by atoms with van der Waals surface area (Å²) >= 11 is 0. The molecule has 0 heterocycles. The van der Waals surface area contributed by atoms with E-state index in [9.17, 15) is 14.9 Å². The van der Waals surface area contributed by atoms with Gasteiger partial charge < -0.3 is 0 Å². The molecule has 0 aromatic heterocycles. The summed E-state index contributed by atoms with van der Waals surface area (Å²) in [5.41, 5.74) is -0.324. The van der Waals surface area contributed by atoms with Gasteiger partial charge in [0.05, 0.1) is 4.92 Å². The van der Waals surface area contributed by atoms with Gasteiger partial charge in [0.2, 0.25) is 0 Å². The molecular formula is C9H7NO3. The minimum absolute atomic E-state index is 0.282. The van der Waals surface area contributed by atoms with Gasteiger partial charge in [-0.2, -0.15) is 0 Å². The highest BCUT2D eigenvalue weighted by Crippen LogP contribution is 2.06. The van der Waals surface area contributed by atoms with Gasteiger partial charge in [-0.1, -0.05) is 30.3 Å². The third-order valence-corrected chi connectivity index (χ3v) is 1.52. The first-order valence-corrected chi connectivity index (χ1v) is 3.56. The molecule has 0 bridgehead atoms. The van der Waals surface area contributed by atoms with Crippen molar-refractivity contribution < 1.29 is 9.72 Å². The van der Waals surface area contributed by atoms with Crippen molar-refractivity contribution >= 4 is 5.78 Å². The van der Waals surface area contributed by atoms with E-state index in [0.29, 0.717) is 0 Å². The van der Waals surface area contributed by atoms with E-state index in [1.807, 2.05) is 0 Å². The predicted octanol–water partition coefficient (Wildman–Crippen LogP) is 1.66. The Hall–Kier alpha value is -1.97. The first-order valence-electron chi connectivity index (χ1n) is 3.56. The summed E-state index contributed by atoms with van der Waals surface area (Å²) in [7, 11) is 0. The van der Waals surface area contributed by atoms with E-state index in [1.165, 1.54) is 12.1 Å². The molecule has 4 heteroatoms. The van der Waals surface area contributed by atoms with Gasteiger partial charge in [0.1, 0.15) is 0 Å². The second-order valence-corrected chi connectivity index (χ2v) is 2.40. The van der Waals surface area contributed by atoms with Gasteiger partial charge in [-0.05, 0) is 6.58 Å². The van der Waals surface area contributed by atoms with Crippen molar-refractivity contribution in [2.24, 2.45) is 0 Å². The Morgan fingerprint density at radius 2 is 1.85 bits per heavy atom. The number of nitro groups is 1. The molecule has 0 saturated carbocycles. The number of hydrogen-bond acceptors (Lipinski definition) is 3. The van der Waals surface area contributed by atoms with Crippen molar-refractivity contribution in [3.05, 3.63) is 58.3 Å². The molecule has 0 N–H and O–H groups in total. The zero-order chi connectivity index (χ0) is 9.84. The number of benzene rings is 1. The van der Waals surface area contributed by atoms with E-state index >= 15 is 0 Å². The third-order valence-electron chi connectivity index (χ3n) is 1.52. The van der Waals surface area contributed by atoms with Crippen molar-refractivity contribution in [1.82, 2.24) is 0 Å². The van der Waals surface area contributed by atoms with Crippen LogP contribution in [0.25, 0.3) is 0 Å². The number of Topliss-reactive ketones (excluding diaryl/α,β-unsaturated/α-hetero) is 1. The van der Waals surface area contributed by atoms with Gasteiger partial charge in [0.25, 0.3) is 5.78 Å². The molecule has 0 radical (unpaired) electrons. The highest BCUT2D eigenvalue weighted by molar-refractivity contribution is 6.06. The standard InChI is InChI=1S/C9H7NO3/c1-7(10(12)13)9(11)8-5-3-2-4-6-8/h2-6H,1H2. The first kappa shape index (κ1) is 9.12. The average molecular weight is 177 g/mol. The van der Waals surface area contributed by atoms with Crippen molar-refractivity contribution in [2.45, 2.75) is 0 Å². The molecule has 0 aliphatic rings. The van der Waals surface area contributed by atoms with Crippen molar-refractivity contribution in [3.8, 4) is 0 Å². The second kappa shape index (κ2) is 3.62. The van der Waals surface area contributed by atoms with Gasteiger partial charge in [-0.3, -0.25) is 14.9 Å². The summed E-state index contributed by atoms with van der Waals surface area (Å²) in [6.45, 7) is 3.08. The van der Waals surface area contributed by atoms with Crippen LogP contribution in [-0.2, 0) is 0 Å². The molecule has 0 fully saturated rings. The Kier molecular flexibility index (Phi) is 2.54.